The van der Waals surface area contributed by atoms with Crippen LogP contribution < -0.4 is 0 Å². The molecule has 0 bridgehead atoms. The van der Waals surface area contributed by atoms with Crippen LogP contribution in [-0.2, 0) is 23.9 Å². The fourth-order valence-corrected chi connectivity index (χ4v) is 1.50. The van der Waals surface area contributed by atoms with E-state index in [2.05, 4.69) is 9.47 Å². The molecule has 2 atom stereocenters. The van der Waals surface area contributed by atoms with Crippen molar-refractivity contribution in [1.29, 1.82) is 0 Å². The Balaban J connectivity index is 4.63. The smallest absolute Gasteiger partial charge is 0.309 e. The number of hydrogen-bond acceptors (Lipinski definition) is 5. The van der Waals surface area contributed by atoms with Gasteiger partial charge in [-0.15, -0.1) is 0 Å². The van der Waals surface area contributed by atoms with E-state index < -0.39 is 29.7 Å². The Morgan fingerprint density at radius 3 is 2.06 bits per heavy atom. The van der Waals surface area contributed by atoms with Gasteiger partial charge in [-0.05, 0) is 12.8 Å². The zero-order valence-corrected chi connectivity index (χ0v) is 10.3. The Labute approximate surface area is 99.9 Å². The summed E-state index contributed by atoms with van der Waals surface area (Å²) in [6.45, 7) is 1.71. The van der Waals surface area contributed by atoms with E-state index in [1.165, 1.54) is 14.2 Å². The van der Waals surface area contributed by atoms with E-state index in [1.807, 2.05) is 0 Å². The van der Waals surface area contributed by atoms with Gasteiger partial charge in [-0.2, -0.15) is 0 Å². The average molecular weight is 246 g/mol. The third kappa shape index (κ3) is 5.33. The van der Waals surface area contributed by atoms with E-state index in [0.717, 1.165) is 0 Å². The number of carboxylic acids is 1. The highest BCUT2D eigenvalue weighted by Gasteiger charge is 2.29. The van der Waals surface area contributed by atoms with Gasteiger partial charge in [0.25, 0.3) is 0 Å². The van der Waals surface area contributed by atoms with Gasteiger partial charge in [0.2, 0.25) is 0 Å². The maximum absolute atomic E-state index is 11.4. The monoisotopic (exact) mass is 246 g/mol. The summed E-state index contributed by atoms with van der Waals surface area (Å²) >= 11 is 0. The highest BCUT2D eigenvalue weighted by Crippen LogP contribution is 2.20. The molecule has 0 aliphatic rings. The predicted octanol–water partition coefficient (Wildman–Crippen LogP) is 0.840. The normalized spacial score (nSPS) is 13.6. The molecule has 0 saturated heterocycles. The van der Waals surface area contributed by atoms with Crippen LogP contribution in [0.1, 0.15) is 26.2 Å². The molecule has 0 rings (SSSR count). The Morgan fingerprint density at radius 2 is 1.71 bits per heavy atom. The molecule has 0 saturated carbocycles. The molecule has 98 valence electrons. The molecule has 0 aromatic carbocycles. The van der Waals surface area contributed by atoms with Crippen molar-refractivity contribution in [2.24, 2.45) is 11.8 Å². The number of carboxylic acid groups (broad SMARTS) is 1. The molecule has 0 aromatic heterocycles. The maximum Gasteiger partial charge on any atom is 0.309 e. The summed E-state index contributed by atoms with van der Waals surface area (Å²) < 4.78 is 9.00. The SMILES string of the molecule is CCC(CC(CC(=O)OC)C(=O)OC)C(=O)O. The standard InChI is InChI=1S/C11H18O6/c1-4-7(10(13)14)5-8(11(15)17-3)6-9(12)16-2/h7-8H,4-6H2,1-3H3,(H,13,14). The second-order valence-electron chi connectivity index (χ2n) is 3.68. The fraction of sp³-hybridized carbons (Fsp3) is 0.727. The minimum absolute atomic E-state index is 0.0770. The number of hydrogen-bond donors (Lipinski definition) is 1. The van der Waals surface area contributed by atoms with Crippen LogP contribution in [0.3, 0.4) is 0 Å². The molecule has 0 heterocycles. The number of rotatable bonds is 7. The molecule has 0 radical (unpaired) electrons. The van der Waals surface area contributed by atoms with Gasteiger partial charge in [0.05, 0.1) is 32.5 Å². The molecule has 0 aliphatic carbocycles. The Morgan fingerprint density at radius 1 is 1.12 bits per heavy atom. The lowest BCUT2D eigenvalue weighted by Gasteiger charge is -2.17. The Kier molecular flexibility index (Phi) is 6.93. The maximum atomic E-state index is 11.4. The highest BCUT2D eigenvalue weighted by atomic mass is 16.5. The van der Waals surface area contributed by atoms with Crippen molar-refractivity contribution in [1.82, 2.24) is 0 Å². The first kappa shape index (κ1) is 15.4. The first-order chi connectivity index (χ1) is 7.96. The van der Waals surface area contributed by atoms with Crippen molar-refractivity contribution < 1.29 is 29.0 Å². The summed E-state index contributed by atoms with van der Waals surface area (Å²) in [5.74, 6) is -3.56. The first-order valence-electron chi connectivity index (χ1n) is 5.33. The van der Waals surface area contributed by atoms with Crippen molar-refractivity contribution in [3.8, 4) is 0 Å². The van der Waals surface area contributed by atoms with Crippen LogP contribution in [0.4, 0.5) is 0 Å². The molecule has 0 aliphatic heterocycles. The van der Waals surface area contributed by atoms with Gasteiger partial charge in [-0.25, -0.2) is 0 Å². The molecule has 1 N–H and O–H groups in total. The highest BCUT2D eigenvalue weighted by molar-refractivity contribution is 5.80. The van der Waals surface area contributed by atoms with Gasteiger partial charge in [0, 0.05) is 0 Å². The zero-order valence-electron chi connectivity index (χ0n) is 10.3. The molecule has 6 heteroatoms. The third-order valence-corrected chi connectivity index (χ3v) is 2.59. The predicted molar refractivity (Wildman–Crippen MR) is 58.2 cm³/mol. The Hall–Kier alpha value is -1.59. The molecule has 0 amide bonds. The topological polar surface area (TPSA) is 89.9 Å². The van der Waals surface area contributed by atoms with Crippen LogP contribution in [0.15, 0.2) is 0 Å². The number of ether oxygens (including phenoxy) is 2. The lowest BCUT2D eigenvalue weighted by molar-refractivity contribution is -0.154. The average Bonchev–Trinajstić information content (AvgIpc) is 2.32. The van der Waals surface area contributed by atoms with E-state index in [-0.39, 0.29) is 12.8 Å². The second-order valence-corrected chi connectivity index (χ2v) is 3.68. The van der Waals surface area contributed by atoms with Crippen LogP contribution in [0, 0.1) is 11.8 Å². The van der Waals surface area contributed by atoms with Gasteiger partial charge in [-0.1, -0.05) is 6.92 Å². The van der Waals surface area contributed by atoms with Crippen molar-refractivity contribution in [2.75, 3.05) is 14.2 Å². The summed E-state index contributed by atoms with van der Waals surface area (Å²) in [6.07, 6.45) is 0.310. The summed E-state index contributed by atoms with van der Waals surface area (Å²) in [5, 5.41) is 8.90. The largest absolute Gasteiger partial charge is 0.481 e. The fourth-order valence-electron chi connectivity index (χ4n) is 1.50. The minimum atomic E-state index is -0.980. The summed E-state index contributed by atoms with van der Waals surface area (Å²) in [7, 11) is 2.42. The van der Waals surface area contributed by atoms with Crippen LogP contribution >= 0.6 is 0 Å². The quantitative estimate of drug-likeness (QED) is 0.669. The van der Waals surface area contributed by atoms with E-state index in [9.17, 15) is 14.4 Å². The van der Waals surface area contributed by atoms with Crippen LogP contribution in [-0.4, -0.2) is 37.2 Å². The molecule has 0 fully saturated rings. The van der Waals surface area contributed by atoms with Crippen molar-refractivity contribution in [3.05, 3.63) is 0 Å². The molecule has 6 nitrogen and oxygen atoms in total. The lowest BCUT2D eigenvalue weighted by Crippen LogP contribution is -2.26. The molecule has 2 unspecified atom stereocenters. The summed E-state index contributed by atoms with van der Waals surface area (Å²) in [6, 6.07) is 0. The summed E-state index contributed by atoms with van der Waals surface area (Å²) in [5.41, 5.74) is 0. The van der Waals surface area contributed by atoms with Gasteiger partial charge < -0.3 is 14.6 Å². The second kappa shape index (κ2) is 7.65. The van der Waals surface area contributed by atoms with Crippen LogP contribution in [0.5, 0.6) is 0 Å². The molecule has 0 aromatic rings. The van der Waals surface area contributed by atoms with E-state index in [0.29, 0.717) is 6.42 Å². The number of methoxy groups -OCH3 is 2. The van der Waals surface area contributed by atoms with Crippen molar-refractivity contribution in [3.63, 3.8) is 0 Å². The van der Waals surface area contributed by atoms with Gasteiger partial charge in [0.15, 0.2) is 0 Å². The van der Waals surface area contributed by atoms with E-state index >= 15 is 0 Å². The van der Waals surface area contributed by atoms with Crippen LogP contribution in [0.2, 0.25) is 0 Å². The number of esters is 2. The lowest BCUT2D eigenvalue weighted by atomic mass is 9.90. The molecule has 0 spiro atoms. The first-order valence-corrected chi connectivity index (χ1v) is 5.33. The van der Waals surface area contributed by atoms with Crippen LogP contribution in [0.25, 0.3) is 0 Å². The van der Waals surface area contributed by atoms with E-state index in [4.69, 9.17) is 5.11 Å². The zero-order chi connectivity index (χ0) is 13.4. The summed E-state index contributed by atoms with van der Waals surface area (Å²) in [4.78, 5) is 33.4. The number of aliphatic carboxylic acids is 1. The molecule has 17 heavy (non-hydrogen) atoms. The number of carbonyl (C=O) groups excluding carboxylic acids is 2. The minimum Gasteiger partial charge on any atom is -0.481 e. The molecular formula is C11H18O6. The van der Waals surface area contributed by atoms with Gasteiger partial charge in [-0.3, -0.25) is 14.4 Å². The number of carbonyl (C=O) groups is 3. The van der Waals surface area contributed by atoms with Gasteiger partial charge >= 0.3 is 17.9 Å². The Bertz CT molecular complexity index is 286. The van der Waals surface area contributed by atoms with E-state index in [1.54, 1.807) is 6.92 Å². The van der Waals surface area contributed by atoms with Gasteiger partial charge in [0.1, 0.15) is 0 Å². The molecular weight excluding hydrogens is 228 g/mol. The third-order valence-electron chi connectivity index (χ3n) is 2.59. The van der Waals surface area contributed by atoms with Crippen molar-refractivity contribution >= 4 is 17.9 Å². The van der Waals surface area contributed by atoms with Crippen molar-refractivity contribution in [2.45, 2.75) is 26.2 Å².